The first-order chi connectivity index (χ1) is 5.29. The van der Waals surface area contributed by atoms with Gasteiger partial charge < -0.3 is 4.79 Å². The highest BCUT2D eigenvalue weighted by atomic mass is 16.1. The fraction of sp³-hybridized carbons (Fsp3) is 0.556. The van der Waals surface area contributed by atoms with Gasteiger partial charge in [-0.3, -0.25) is 4.79 Å². The van der Waals surface area contributed by atoms with Crippen LogP contribution in [0.2, 0.25) is 0 Å². The van der Waals surface area contributed by atoms with E-state index in [-0.39, 0.29) is 5.92 Å². The van der Waals surface area contributed by atoms with Crippen molar-refractivity contribution in [2.45, 2.75) is 26.2 Å². The first-order valence-corrected chi connectivity index (χ1v) is 3.88. The summed E-state index contributed by atoms with van der Waals surface area (Å²) in [7, 11) is 0. The van der Waals surface area contributed by atoms with Crippen molar-refractivity contribution in [3.63, 3.8) is 0 Å². The zero-order valence-electron chi connectivity index (χ0n) is 6.67. The summed E-state index contributed by atoms with van der Waals surface area (Å²) < 4.78 is 0. The molecule has 1 atom stereocenters. The molecule has 1 unspecified atom stereocenters. The average Bonchev–Trinajstić information content (AvgIpc) is 2.33. The van der Waals surface area contributed by atoms with Crippen molar-refractivity contribution in [3.05, 3.63) is 11.1 Å². The summed E-state index contributed by atoms with van der Waals surface area (Å²) >= 11 is 0. The van der Waals surface area contributed by atoms with Crippen LogP contribution in [0.5, 0.6) is 0 Å². The van der Waals surface area contributed by atoms with Crippen molar-refractivity contribution in [3.8, 4) is 0 Å². The van der Waals surface area contributed by atoms with Crippen molar-refractivity contribution in [2.24, 2.45) is 5.92 Å². The molecular formula is C9H12O2. The first-order valence-electron chi connectivity index (χ1n) is 3.88. The predicted octanol–water partition coefficient (Wildman–Crippen LogP) is 1.50. The van der Waals surface area contributed by atoms with Crippen LogP contribution in [0.25, 0.3) is 0 Å². The zero-order valence-corrected chi connectivity index (χ0v) is 6.67. The maximum absolute atomic E-state index is 10.5. The molecule has 1 aliphatic rings. The molecule has 0 N–H and O–H groups in total. The molecule has 11 heavy (non-hydrogen) atoms. The Kier molecular flexibility index (Phi) is 2.58. The second-order valence-electron chi connectivity index (χ2n) is 2.99. The van der Waals surface area contributed by atoms with Crippen molar-refractivity contribution in [2.75, 3.05) is 0 Å². The third-order valence-corrected chi connectivity index (χ3v) is 2.31. The van der Waals surface area contributed by atoms with Crippen molar-refractivity contribution in [1.29, 1.82) is 0 Å². The molecule has 0 heterocycles. The maximum Gasteiger partial charge on any atom is 0.146 e. The lowest BCUT2D eigenvalue weighted by atomic mass is 9.99. The van der Waals surface area contributed by atoms with Crippen molar-refractivity contribution in [1.82, 2.24) is 0 Å². The smallest absolute Gasteiger partial charge is 0.146 e. The molecule has 2 nitrogen and oxygen atoms in total. The van der Waals surface area contributed by atoms with Crippen LogP contribution in [-0.2, 0) is 9.59 Å². The van der Waals surface area contributed by atoms with E-state index in [4.69, 9.17) is 0 Å². The molecule has 0 fully saturated rings. The SMILES string of the molecule is CC1=C(C=O)C(CC=O)CC1. The molecule has 0 saturated carbocycles. The fourth-order valence-corrected chi connectivity index (χ4v) is 1.60. The van der Waals surface area contributed by atoms with E-state index in [2.05, 4.69) is 0 Å². The molecule has 0 saturated heterocycles. The van der Waals surface area contributed by atoms with Gasteiger partial charge in [0.1, 0.15) is 12.6 Å². The van der Waals surface area contributed by atoms with Gasteiger partial charge in [-0.05, 0) is 31.3 Å². The van der Waals surface area contributed by atoms with Gasteiger partial charge in [0.15, 0.2) is 0 Å². The van der Waals surface area contributed by atoms with Gasteiger partial charge in [0.25, 0.3) is 0 Å². The summed E-state index contributed by atoms with van der Waals surface area (Å²) in [6.07, 6.45) is 4.25. The van der Waals surface area contributed by atoms with Gasteiger partial charge in [-0.15, -0.1) is 0 Å². The summed E-state index contributed by atoms with van der Waals surface area (Å²) in [5.41, 5.74) is 2.02. The van der Waals surface area contributed by atoms with E-state index in [1.54, 1.807) is 0 Å². The quantitative estimate of drug-likeness (QED) is 0.574. The molecule has 0 aliphatic heterocycles. The lowest BCUT2D eigenvalue weighted by Gasteiger charge is -2.04. The van der Waals surface area contributed by atoms with Crippen LogP contribution in [0.3, 0.4) is 0 Å². The fourth-order valence-electron chi connectivity index (χ4n) is 1.60. The van der Waals surface area contributed by atoms with Crippen LogP contribution in [0.1, 0.15) is 26.2 Å². The molecular weight excluding hydrogens is 140 g/mol. The summed E-state index contributed by atoms with van der Waals surface area (Å²) in [4.78, 5) is 20.7. The Labute approximate surface area is 66.3 Å². The lowest BCUT2D eigenvalue weighted by molar-refractivity contribution is -0.108. The van der Waals surface area contributed by atoms with Crippen LogP contribution in [-0.4, -0.2) is 12.6 Å². The second-order valence-corrected chi connectivity index (χ2v) is 2.99. The molecule has 0 bridgehead atoms. The van der Waals surface area contributed by atoms with Crippen LogP contribution in [0.4, 0.5) is 0 Å². The van der Waals surface area contributed by atoms with E-state index >= 15 is 0 Å². The third-order valence-electron chi connectivity index (χ3n) is 2.31. The van der Waals surface area contributed by atoms with Crippen LogP contribution < -0.4 is 0 Å². The molecule has 0 amide bonds. The summed E-state index contributed by atoms with van der Waals surface area (Å²) in [5, 5.41) is 0. The molecule has 0 aromatic rings. The Morgan fingerprint density at radius 3 is 2.82 bits per heavy atom. The van der Waals surface area contributed by atoms with E-state index in [1.165, 1.54) is 0 Å². The second kappa shape index (κ2) is 3.46. The summed E-state index contributed by atoms with van der Waals surface area (Å²) in [5.74, 6) is 0.213. The predicted molar refractivity (Wildman–Crippen MR) is 42.2 cm³/mol. The maximum atomic E-state index is 10.5. The van der Waals surface area contributed by atoms with Gasteiger partial charge in [0.05, 0.1) is 0 Å². The molecule has 1 aliphatic carbocycles. The molecule has 0 spiro atoms. The van der Waals surface area contributed by atoms with E-state index in [0.717, 1.165) is 36.6 Å². The standard InChI is InChI=1S/C9H12O2/c1-7-2-3-8(4-5-10)9(7)6-11/h5-6,8H,2-4H2,1H3. The van der Waals surface area contributed by atoms with Gasteiger partial charge in [-0.2, -0.15) is 0 Å². The Morgan fingerprint density at radius 1 is 1.55 bits per heavy atom. The van der Waals surface area contributed by atoms with Gasteiger partial charge in [0, 0.05) is 6.42 Å². The van der Waals surface area contributed by atoms with Crippen molar-refractivity contribution < 1.29 is 9.59 Å². The van der Waals surface area contributed by atoms with E-state index in [1.807, 2.05) is 6.92 Å². The number of carbonyl (C=O) groups excluding carboxylic acids is 2. The van der Waals surface area contributed by atoms with Gasteiger partial charge >= 0.3 is 0 Å². The normalized spacial score (nSPS) is 23.9. The third kappa shape index (κ3) is 1.56. The number of allylic oxidation sites excluding steroid dienone is 2. The van der Waals surface area contributed by atoms with E-state index < -0.39 is 0 Å². The Balaban J connectivity index is 2.71. The Bertz CT molecular complexity index is 204. The van der Waals surface area contributed by atoms with Gasteiger partial charge in [0.2, 0.25) is 0 Å². The number of hydrogen-bond acceptors (Lipinski definition) is 2. The van der Waals surface area contributed by atoms with Gasteiger partial charge in [-0.25, -0.2) is 0 Å². The molecule has 0 aromatic heterocycles. The minimum absolute atomic E-state index is 0.213. The molecule has 60 valence electrons. The summed E-state index contributed by atoms with van der Waals surface area (Å²) in [6, 6.07) is 0. The number of hydrogen-bond donors (Lipinski definition) is 0. The van der Waals surface area contributed by atoms with Crippen LogP contribution in [0.15, 0.2) is 11.1 Å². The molecule has 2 heteroatoms. The Morgan fingerprint density at radius 2 is 2.27 bits per heavy atom. The molecule has 0 aromatic carbocycles. The number of aldehydes is 2. The monoisotopic (exact) mass is 152 g/mol. The van der Waals surface area contributed by atoms with Crippen LogP contribution in [0, 0.1) is 5.92 Å². The largest absolute Gasteiger partial charge is 0.303 e. The highest BCUT2D eigenvalue weighted by molar-refractivity contribution is 5.77. The number of carbonyl (C=O) groups is 2. The van der Waals surface area contributed by atoms with E-state index in [9.17, 15) is 9.59 Å². The van der Waals surface area contributed by atoms with E-state index in [0.29, 0.717) is 6.42 Å². The summed E-state index contributed by atoms with van der Waals surface area (Å²) in [6.45, 7) is 1.97. The highest BCUT2D eigenvalue weighted by Gasteiger charge is 2.21. The zero-order chi connectivity index (χ0) is 8.27. The average molecular weight is 152 g/mol. The molecule has 0 radical (unpaired) electrons. The topological polar surface area (TPSA) is 34.1 Å². The van der Waals surface area contributed by atoms with Crippen LogP contribution >= 0.6 is 0 Å². The minimum atomic E-state index is 0.213. The number of rotatable bonds is 3. The Hall–Kier alpha value is -0.920. The lowest BCUT2D eigenvalue weighted by Crippen LogP contribution is -2.01. The van der Waals surface area contributed by atoms with Crippen molar-refractivity contribution >= 4 is 12.6 Å². The first kappa shape index (κ1) is 8.18. The minimum Gasteiger partial charge on any atom is -0.303 e. The highest BCUT2D eigenvalue weighted by Crippen LogP contribution is 2.31. The van der Waals surface area contributed by atoms with Gasteiger partial charge in [-0.1, -0.05) is 5.57 Å². The molecule has 1 rings (SSSR count).